The lowest BCUT2D eigenvalue weighted by Gasteiger charge is -2.27. The average molecular weight is 221 g/mol. The summed E-state index contributed by atoms with van der Waals surface area (Å²) in [4.78, 5) is 8.75. The Morgan fingerprint density at radius 1 is 1.25 bits per heavy atom. The van der Waals surface area contributed by atoms with Gasteiger partial charge in [0.25, 0.3) is 0 Å². The highest BCUT2D eigenvalue weighted by atomic mass is 15.0. The molecule has 0 saturated heterocycles. The van der Waals surface area contributed by atoms with Crippen molar-refractivity contribution in [2.24, 2.45) is 11.3 Å². The fourth-order valence-corrected chi connectivity index (χ4v) is 1.19. The van der Waals surface area contributed by atoms with Gasteiger partial charge >= 0.3 is 0 Å². The third kappa shape index (κ3) is 3.47. The number of aryl methyl sites for hydroxylation is 2. The highest BCUT2D eigenvalue weighted by Crippen LogP contribution is 2.25. The zero-order chi connectivity index (χ0) is 12.3. The van der Waals surface area contributed by atoms with E-state index in [1.165, 1.54) is 0 Å². The lowest BCUT2D eigenvalue weighted by molar-refractivity contribution is 0.274. The Hall–Kier alpha value is -1.12. The van der Waals surface area contributed by atoms with Crippen LogP contribution in [0.5, 0.6) is 0 Å². The summed E-state index contributed by atoms with van der Waals surface area (Å²) in [7, 11) is 0. The van der Waals surface area contributed by atoms with E-state index in [0.29, 0.717) is 11.3 Å². The minimum atomic E-state index is 0.320. The van der Waals surface area contributed by atoms with Crippen LogP contribution >= 0.6 is 0 Å². The molecule has 1 heterocycles. The molecule has 1 aromatic heterocycles. The minimum Gasteiger partial charge on any atom is -0.368 e. The second-order valence-electron chi connectivity index (χ2n) is 5.57. The van der Waals surface area contributed by atoms with Crippen LogP contribution < -0.4 is 5.32 Å². The molecule has 0 radical (unpaired) electrons. The maximum Gasteiger partial charge on any atom is 0.144 e. The summed E-state index contributed by atoms with van der Waals surface area (Å²) < 4.78 is 0. The zero-order valence-electron chi connectivity index (χ0n) is 11.3. The van der Waals surface area contributed by atoms with Crippen molar-refractivity contribution in [2.45, 2.75) is 41.5 Å². The third-order valence-electron chi connectivity index (χ3n) is 3.26. The van der Waals surface area contributed by atoms with Crippen molar-refractivity contribution in [2.75, 3.05) is 11.9 Å². The highest BCUT2D eigenvalue weighted by Gasteiger charge is 2.19. The maximum atomic E-state index is 4.45. The summed E-state index contributed by atoms with van der Waals surface area (Å²) in [5.74, 6) is 1.47. The van der Waals surface area contributed by atoms with Gasteiger partial charge in [0.1, 0.15) is 5.82 Å². The van der Waals surface area contributed by atoms with E-state index in [2.05, 4.69) is 43.0 Å². The van der Waals surface area contributed by atoms with Gasteiger partial charge in [0.15, 0.2) is 0 Å². The standard InChI is InChI=1S/C13H23N3/c1-9(13(4,5)6)7-15-12-8-14-10(2)11(3)16-12/h8-9H,7H2,1-6H3,(H,15,16). The fourth-order valence-electron chi connectivity index (χ4n) is 1.19. The fraction of sp³-hybridized carbons (Fsp3) is 0.692. The van der Waals surface area contributed by atoms with Crippen molar-refractivity contribution in [3.63, 3.8) is 0 Å². The van der Waals surface area contributed by atoms with E-state index in [-0.39, 0.29) is 0 Å². The first kappa shape index (κ1) is 12.9. The van der Waals surface area contributed by atoms with Crippen LogP contribution in [0.3, 0.4) is 0 Å². The second kappa shape index (κ2) is 4.81. The van der Waals surface area contributed by atoms with Crippen molar-refractivity contribution in [1.82, 2.24) is 9.97 Å². The molecule has 0 aromatic carbocycles. The predicted octanol–water partition coefficient (Wildman–Crippen LogP) is 3.19. The van der Waals surface area contributed by atoms with Crippen molar-refractivity contribution in [3.8, 4) is 0 Å². The van der Waals surface area contributed by atoms with Gasteiger partial charge in [-0.3, -0.25) is 4.98 Å². The van der Waals surface area contributed by atoms with Crippen LogP contribution in [0.15, 0.2) is 6.20 Å². The van der Waals surface area contributed by atoms with Gasteiger partial charge in [0.2, 0.25) is 0 Å². The largest absolute Gasteiger partial charge is 0.368 e. The molecule has 3 heteroatoms. The minimum absolute atomic E-state index is 0.320. The van der Waals surface area contributed by atoms with Crippen LogP contribution in [0, 0.1) is 25.2 Å². The molecule has 1 unspecified atom stereocenters. The molecule has 1 atom stereocenters. The molecule has 0 saturated carbocycles. The van der Waals surface area contributed by atoms with Crippen molar-refractivity contribution < 1.29 is 0 Å². The molecule has 0 amide bonds. The summed E-state index contributed by atoms with van der Waals surface area (Å²) in [6.45, 7) is 13.9. The lowest BCUT2D eigenvalue weighted by atomic mass is 9.82. The smallest absolute Gasteiger partial charge is 0.144 e. The second-order valence-corrected chi connectivity index (χ2v) is 5.57. The molecule has 0 aliphatic rings. The third-order valence-corrected chi connectivity index (χ3v) is 3.26. The molecule has 1 rings (SSSR count). The number of nitrogens with one attached hydrogen (secondary N) is 1. The summed E-state index contributed by atoms with van der Waals surface area (Å²) in [6, 6.07) is 0. The molecular formula is C13H23N3. The molecule has 0 spiro atoms. The summed E-state index contributed by atoms with van der Waals surface area (Å²) in [6.07, 6.45) is 1.80. The van der Waals surface area contributed by atoms with Gasteiger partial charge in [-0.2, -0.15) is 0 Å². The van der Waals surface area contributed by atoms with Gasteiger partial charge in [-0.1, -0.05) is 27.7 Å². The number of hydrogen-bond acceptors (Lipinski definition) is 3. The first-order chi connectivity index (χ1) is 7.30. The zero-order valence-corrected chi connectivity index (χ0v) is 11.3. The summed E-state index contributed by atoms with van der Waals surface area (Å²) >= 11 is 0. The van der Waals surface area contributed by atoms with E-state index in [0.717, 1.165) is 23.8 Å². The van der Waals surface area contributed by atoms with Gasteiger partial charge in [-0.15, -0.1) is 0 Å². The first-order valence-corrected chi connectivity index (χ1v) is 5.85. The van der Waals surface area contributed by atoms with E-state index in [1.807, 2.05) is 13.8 Å². The van der Waals surface area contributed by atoms with Gasteiger partial charge in [-0.25, -0.2) is 4.98 Å². The molecule has 0 fully saturated rings. The number of rotatable bonds is 3. The molecule has 0 aliphatic heterocycles. The Bertz CT molecular complexity index is 353. The first-order valence-electron chi connectivity index (χ1n) is 5.85. The Morgan fingerprint density at radius 3 is 2.38 bits per heavy atom. The molecule has 16 heavy (non-hydrogen) atoms. The molecule has 1 N–H and O–H groups in total. The quantitative estimate of drug-likeness (QED) is 0.851. The van der Waals surface area contributed by atoms with Gasteiger partial charge < -0.3 is 5.32 Å². The summed E-state index contributed by atoms with van der Waals surface area (Å²) in [5, 5.41) is 3.35. The monoisotopic (exact) mass is 221 g/mol. The van der Waals surface area contributed by atoms with E-state index < -0.39 is 0 Å². The molecule has 3 nitrogen and oxygen atoms in total. The van der Waals surface area contributed by atoms with Crippen molar-refractivity contribution in [3.05, 3.63) is 17.6 Å². The number of anilines is 1. The van der Waals surface area contributed by atoms with Crippen LogP contribution in [-0.2, 0) is 0 Å². The predicted molar refractivity (Wildman–Crippen MR) is 68.6 cm³/mol. The highest BCUT2D eigenvalue weighted by molar-refractivity contribution is 5.33. The lowest BCUT2D eigenvalue weighted by Crippen LogP contribution is -2.25. The van der Waals surface area contributed by atoms with Crippen LogP contribution in [0.25, 0.3) is 0 Å². The Labute approximate surface area is 98.7 Å². The van der Waals surface area contributed by atoms with E-state index in [4.69, 9.17) is 0 Å². The van der Waals surface area contributed by atoms with E-state index >= 15 is 0 Å². The number of aromatic nitrogens is 2. The molecule has 0 aliphatic carbocycles. The van der Waals surface area contributed by atoms with Crippen molar-refractivity contribution >= 4 is 5.82 Å². The van der Waals surface area contributed by atoms with Crippen molar-refractivity contribution in [1.29, 1.82) is 0 Å². The van der Waals surface area contributed by atoms with Gasteiger partial charge in [0.05, 0.1) is 17.6 Å². The Kier molecular flexibility index (Phi) is 3.89. The van der Waals surface area contributed by atoms with E-state index in [1.54, 1.807) is 6.20 Å². The van der Waals surface area contributed by atoms with Crippen LogP contribution in [0.1, 0.15) is 39.1 Å². The van der Waals surface area contributed by atoms with Gasteiger partial charge in [-0.05, 0) is 25.2 Å². The van der Waals surface area contributed by atoms with Crippen LogP contribution in [0.4, 0.5) is 5.82 Å². The normalized spacial score (nSPS) is 13.6. The van der Waals surface area contributed by atoms with E-state index in [9.17, 15) is 0 Å². The van der Waals surface area contributed by atoms with Crippen LogP contribution in [0.2, 0.25) is 0 Å². The molecule has 90 valence electrons. The van der Waals surface area contributed by atoms with Crippen LogP contribution in [-0.4, -0.2) is 16.5 Å². The molecule has 0 bridgehead atoms. The number of hydrogen-bond donors (Lipinski definition) is 1. The number of nitrogens with zero attached hydrogens (tertiary/aromatic N) is 2. The Balaban J connectivity index is 2.58. The molecule has 1 aromatic rings. The summed E-state index contributed by atoms with van der Waals surface area (Å²) in [5.41, 5.74) is 2.31. The van der Waals surface area contributed by atoms with Gasteiger partial charge in [0, 0.05) is 6.54 Å². The SMILES string of the molecule is Cc1ncc(NCC(C)C(C)(C)C)nc1C. The Morgan fingerprint density at radius 2 is 1.88 bits per heavy atom. The maximum absolute atomic E-state index is 4.45. The molecular weight excluding hydrogens is 198 g/mol. The average Bonchev–Trinajstić information content (AvgIpc) is 2.18. The topological polar surface area (TPSA) is 37.8 Å².